The molecule has 0 aliphatic heterocycles. The van der Waals surface area contributed by atoms with E-state index in [9.17, 15) is 9.59 Å². The molecule has 2 rings (SSSR count). The second-order valence-electron chi connectivity index (χ2n) is 5.01. The minimum atomic E-state index is -0.209. The van der Waals surface area contributed by atoms with E-state index in [1.807, 2.05) is 43.5 Å². The van der Waals surface area contributed by atoms with Crippen LogP contribution in [0.2, 0.25) is 0 Å². The summed E-state index contributed by atoms with van der Waals surface area (Å²) in [6.07, 6.45) is 1.84. The van der Waals surface area contributed by atoms with E-state index >= 15 is 0 Å². The molecule has 0 unspecified atom stereocenters. The van der Waals surface area contributed by atoms with Crippen LogP contribution >= 0.6 is 11.8 Å². The monoisotopic (exact) mass is 317 g/mol. The van der Waals surface area contributed by atoms with Crippen molar-refractivity contribution in [2.45, 2.75) is 31.6 Å². The first kappa shape index (κ1) is 16.3. The molecule has 0 bridgehead atoms. The summed E-state index contributed by atoms with van der Waals surface area (Å²) in [6.45, 7) is 3.65. The minimum Gasteiger partial charge on any atom is -0.348 e. The van der Waals surface area contributed by atoms with Crippen LogP contribution in [0, 0.1) is 6.92 Å². The number of rotatable bonds is 5. The fourth-order valence-corrected chi connectivity index (χ4v) is 2.76. The topological polar surface area (TPSA) is 64.0 Å². The molecule has 1 heterocycles. The largest absolute Gasteiger partial charge is 0.348 e. The third kappa shape index (κ3) is 3.98. The van der Waals surface area contributed by atoms with E-state index in [1.165, 1.54) is 22.4 Å². The van der Waals surface area contributed by atoms with Gasteiger partial charge in [-0.1, -0.05) is 42.1 Å². The van der Waals surface area contributed by atoms with Gasteiger partial charge in [-0.05, 0) is 25.7 Å². The van der Waals surface area contributed by atoms with E-state index < -0.39 is 0 Å². The Bertz CT molecular complexity index is 713. The van der Waals surface area contributed by atoms with Crippen LogP contribution in [0.4, 0.5) is 0 Å². The molecule has 0 aliphatic carbocycles. The van der Waals surface area contributed by atoms with Crippen LogP contribution in [0.5, 0.6) is 0 Å². The number of hydrogen-bond acceptors (Lipinski definition) is 4. The highest BCUT2D eigenvalue weighted by molar-refractivity contribution is 7.98. The third-order valence-electron chi connectivity index (χ3n) is 3.26. The van der Waals surface area contributed by atoms with Gasteiger partial charge in [-0.2, -0.15) is 0 Å². The van der Waals surface area contributed by atoms with Crippen molar-refractivity contribution in [2.75, 3.05) is 6.26 Å². The summed E-state index contributed by atoms with van der Waals surface area (Å²) < 4.78 is 1.39. The number of aromatic nitrogens is 2. The molecule has 2 aromatic rings. The summed E-state index contributed by atoms with van der Waals surface area (Å²) in [5.74, 6) is -0.209. The van der Waals surface area contributed by atoms with Crippen molar-refractivity contribution in [2.24, 2.45) is 0 Å². The maximum Gasteiger partial charge on any atom is 0.254 e. The van der Waals surface area contributed by atoms with Gasteiger partial charge in [0.05, 0.1) is 6.04 Å². The van der Waals surface area contributed by atoms with Crippen LogP contribution in [0.1, 0.15) is 24.2 Å². The van der Waals surface area contributed by atoms with Gasteiger partial charge in [0, 0.05) is 11.8 Å². The van der Waals surface area contributed by atoms with Gasteiger partial charge >= 0.3 is 0 Å². The highest BCUT2D eigenvalue weighted by atomic mass is 32.2. The fourth-order valence-electron chi connectivity index (χ4n) is 2.15. The molecule has 0 spiro atoms. The van der Waals surface area contributed by atoms with Crippen molar-refractivity contribution in [1.29, 1.82) is 0 Å². The normalized spacial score (nSPS) is 12.0. The molecule has 1 atom stereocenters. The fraction of sp³-hybridized carbons (Fsp3) is 0.312. The Kier molecular flexibility index (Phi) is 5.38. The number of hydrogen-bond donors (Lipinski definition) is 1. The highest BCUT2D eigenvalue weighted by Gasteiger charge is 2.13. The molecule has 0 saturated heterocycles. The molecular weight excluding hydrogens is 298 g/mol. The lowest BCUT2D eigenvalue weighted by molar-refractivity contribution is -0.122. The average Bonchev–Trinajstić information content (AvgIpc) is 2.50. The summed E-state index contributed by atoms with van der Waals surface area (Å²) >= 11 is 1.35. The Labute approximate surface area is 133 Å². The van der Waals surface area contributed by atoms with Crippen LogP contribution in [0.15, 0.2) is 46.3 Å². The number of carbonyl (C=O) groups is 1. The standard InChI is InChI=1S/C16H19N3O2S/c1-11-9-15(21)19(16(17-11)22-3)10-14(20)18-12(2)13-7-5-4-6-8-13/h4-9,12H,10H2,1-3H3,(H,18,20)/t12-/m1/s1. The molecule has 22 heavy (non-hydrogen) atoms. The SMILES string of the molecule is CSc1nc(C)cc(=O)n1CC(=O)N[C@H](C)c1ccccc1. The van der Waals surface area contributed by atoms with Gasteiger partial charge in [-0.15, -0.1) is 0 Å². The number of thioether (sulfide) groups is 1. The van der Waals surface area contributed by atoms with E-state index in [-0.39, 0.29) is 24.1 Å². The first-order valence-corrected chi connectivity index (χ1v) is 8.20. The van der Waals surface area contributed by atoms with Crippen LogP contribution in [-0.4, -0.2) is 21.7 Å². The first-order valence-electron chi connectivity index (χ1n) is 6.98. The summed E-state index contributed by atoms with van der Waals surface area (Å²) in [4.78, 5) is 28.5. The maximum atomic E-state index is 12.2. The molecule has 1 N–H and O–H groups in total. The summed E-state index contributed by atoms with van der Waals surface area (Å²) in [7, 11) is 0. The molecule has 1 aromatic heterocycles. The molecule has 0 saturated carbocycles. The smallest absolute Gasteiger partial charge is 0.254 e. The molecule has 1 amide bonds. The summed E-state index contributed by atoms with van der Waals surface area (Å²) in [5, 5.41) is 3.45. The molecule has 0 radical (unpaired) electrons. The minimum absolute atomic E-state index is 0.0283. The number of carbonyl (C=O) groups excluding carboxylic acids is 1. The predicted molar refractivity (Wildman–Crippen MR) is 88.0 cm³/mol. The number of amides is 1. The van der Waals surface area contributed by atoms with Gasteiger partial charge < -0.3 is 5.32 Å². The molecule has 116 valence electrons. The number of benzene rings is 1. The average molecular weight is 317 g/mol. The van der Waals surface area contributed by atoms with Crippen molar-refractivity contribution in [3.63, 3.8) is 0 Å². The Balaban J connectivity index is 2.11. The van der Waals surface area contributed by atoms with Crippen LogP contribution in [-0.2, 0) is 11.3 Å². The zero-order valence-electron chi connectivity index (χ0n) is 12.9. The van der Waals surface area contributed by atoms with Crippen molar-refractivity contribution < 1.29 is 4.79 Å². The first-order chi connectivity index (χ1) is 10.5. The third-order valence-corrected chi connectivity index (χ3v) is 3.94. The predicted octanol–water partition coefficient (Wildman–Crippen LogP) is 2.15. The van der Waals surface area contributed by atoms with Gasteiger partial charge in [0.25, 0.3) is 5.56 Å². The van der Waals surface area contributed by atoms with E-state index in [1.54, 1.807) is 6.92 Å². The molecule has 0 aliphatic rings. The lowest BCUT2D eigenvalue weighted by Gasteiger charge is -2.16. The molecule has 6 heteroatoms. The van der Waals surface area contributed by atoms with Gasteiger partial charge in [0.2, 0.25) is 5.91 Å². The van der Waals surface area contributed by atoms with Gasteiger partial charge in [0.15, 0.2) is 5.16 Å². The Hall–Kier alpha value is -2.08. The summed E-state index contributed by atoms with van der Waals surface area (Å²) in [5.41, 5.74) is 1.47. The second kappa shape index (κ2) is 7.26. The molecular formula is C16H19N3O2S. The van der Waals surface area contributed by atoms with Crippen molar-refractivity contribution >= 4 is 17.7 Å². The van der Waals surface area contributed by atoms with Gasteiger partial charge in [-0.3, -0.25) is 14.2 Å². The van der Waals surface area contributed by atoms with Crippen molar-refractivity contribution in [1.82, 2.24) is 14.9 Å². The van der Waals surface area contributed by atoms with E-state index in [0.717, 1.165) is 5.56 Å². The molecule has 5 nitrogen and oxygen atoms in total. The zero-order valence-corrected chi connectivity index (χ0v) is 13.7. The van der Waals surface area contributed by atoms with Gasteiger partial charge in [-0.25, -0.2) is 4.98 Å². The van der Waals surface area contributed by atoms with E-state index in [2.05, 4.69) is 10.3 Å². The van der Waals surface area contributed by atoms with Crippen LogP contribution < -0.4 is 10.9 Å². The zero-order chi connectivity index (χ0) is 16.1. The van der Waals surface area contributed by atoms with Gasteiger partial charge in [0.1, 0.15) is 6.54 Å². The number of aryl methyl sites for hydroxylation is 1. The van der Waals surface area contributed by atoms with E-state index in [0.29, 0.717) is 10.9 Å². The highest BCUT2D eigenvalue weighted by Crippen LogP contribution is 2.12. The van der Waals surface area contributed by atoms with Crippen molar-refractivity contribution in [3.8, 4) is 0 Å². The van der Waals surface area contributed by atoms with Crippen molar-refractivity contribution in [3.05, 3.63) is 58.0 Å². The maximum absolute atomic E-state index is 12.2. The Morgan fingerprint density at radius 1 is 1.36 bits per heavy atom. The Morgan fingerprint density at radius 3 is 2.68 bits per heavy atom. The second-order valence-corrected chi connectivity index (χ2v) is 5.78. The molecule has 1 aromatic carbocycles. The number of nitrogens with one attached hydrogen (secondary N) is 1. The lowest BCUT2D eigenvalue weighted by Crippen LogP contribution is -2.34. The van der Waals surface area contributed by atoms with Crippen LogP contribution in [0.3, 0.4) is 0 Å². The lowest BCUT2D eigenvalue weighted by atomic mass is 10.1. The van der Waals surface area contributed by atoms with E-state index in [4.69, 9.17) is 0 Å². The quantitative estimate of drug-likeness (QED) is 0.678. The van der Waals surface area contributed by atoms with Crippen LogP contribution in [0.25, 0.3) is 0 Å². The molecule has 0 fully saturated rings. The number of nitrogens with zero attached hydrogens (tertiary/aromatic N) is 2. The Morgan fingerprint density at radius 2 is 2.05 bits per heavy atom. The summed E-state index contributed by atoms with van der Waals surface area (Å²) in [6, 6.07) is 11.0.